The lowest BCUT2D eigenvalue weighted by Crippen LogP contribution is -2.29. The van der Waals surface area contributed by atoms with Gasteiger partial charge in [-0.1, -0.05) is 32.6 Å². The molecule has 5 nitrogen and oxygen atoms in total. The van der Waals surface area contributed by atoms with Crippen LogP contribution in [0.2, 0.25) is 0 Å². The lowest BCUT2D eigenvalue weighted by atomic mass is 10.00. The average Bonchev–Trinajstić information content (AvgIpc) is 3.01. The van der Waals surface area contributed by atoms with Gasteiger partial charge in [0.05, 0.1) is 0 Å². The second-order valence-corrected chi connectivity index (χ2v) is 5.78. The molecule has 118 valence electrons. The van der Waals surface area contributed by atoms with Gasteiger partial charge in [-0.15, -0.1) is 0 Å². The van der Waals surface area contributed by atoms with Crippen LogP contribution in [0.1, 0.15) is 74.2 Å². The first-order valence-corrected chi connectivity index (χ1v) is 8.25. The fourth-order valence-corrected chi connectivity index (χ4v) is 2.66. The van der Waals surface area contributed by atoms with E-state index < -0.39 is 0 Å². The summed E-state index contributed by atoms with van der Waals surface area (Å²) in [5, 5.41) is 6.24. The van der Waals surface area contributed by atoms with E-state index in [4.69, 9.17) is 4.42 Å². The third-order valence-corrected chi connectivity index (χ3v) is 3.97. The molecule has 0 spiro atoms. The standard InChI is InChI=1S/C16H27N3O2/c1-2-3-4-5-6-10-18-15(20)14-12-21-16(19-14)13-8-7-9-17-11-13/h12-13,17H,2-11H2,1H3,(H,18,20). The Morgan fingerprint density at radius 3 is 3.05 bits per heavy atom. The number of nitrogens with one attached hydrogen (secondary N) is 2. The molecular weight excluding hydrogens is 266 g/mol. The number of unbranched alkanes of at least 4 members (excludes halogenated alkanes) is 4. The summed E-state index contributed by atoms with van der Waals surface area (Å²) in [6.45, 7) is 4.86. The topological polar surface area (TPSA) is 67.2 Å². The van der Waals surface area contributed by atoms with Gasteiger partial charge in [-0.25, -0.2) is 4.98 Å². The average molecular weight is 293 g/mol. The molecule has 1 aromatic heterocycles. The first-order valence-electron chi connectivity index (χ1n) is 8.25. The maximum absolute atomic E-state index is 12.0. The van der Waals surface area contributed by atoms with E-state index in [1.807, 2.05) is 0 Å². The van der Waals surface area contributed by atoms with Gasteiger partial charge in [-0.05, 0) is 25.8 Å². The van der Waals surface area contributed by atoms with Gasteiger partial charge in [0, 0.05) is 19.0 Å². The molecule has 1 amide bonds. The lowest BCUT2D eigenvalue weighted by Gasteiger charge is -2.19. The number of piperidine rings is 1. The molecule has 5 heteroatoms. The number of carbonyl (C=O) groups excluding carboxylic acids is 1. The zero-order valence-electron chi connectivity index (χ0n) is 13.0. The maximum Gasteiger partial charge on any atom is 0.273 e. The van der Waals surface area contributed by atoms with E-state index >= 15 is 0 Å². The molecule has 1 fully saturated rings. The highest BCUT2D eigenvalue weighted by atomic mass is 16.3. The summed E-state index contributed by atoms with van der Waals surface area (Å²) >= 11 is 0. The summed E-state index contributed by atoms with van der Waals surface area (Å²) < 4.78 is 5.47. The van der Waals surface area contributed by atoms with Crippen molar-refractivity contribution in [2.24, 2.45) is 0 Å². The largest absolute Gasteiger partial charge is 0.448 e. The van der Waals surface area contributed by atoms with Crippen molar-refractivity contribution in [3.05, 3.63) is 17.8 Å². The molecule has 0 saturated carbocycles. The van der Waals surface area contributed by atoms with Gasteiger partial charge in [-0.3, -0.25) is 4.79 Å². The molecule has 2 heterocycles. The number of hydrogen-bond donors (Lipinski definition) is 2. The van der Waals surface area contributed by atoms with Crippen LogP contribution in [0.15, 0.2) is 10.7 Å². The Bertz CT molecular complexity index is 425. The van der Waals surface area contributed by atoms with Gasteiger partial charge in [-0.2, -0.15) is 0 Å². The number of rotatable bonds is 8. The predicted octanol–water partition coefficient (Wildman–Crippen LogP) is 2.84. The van der Waals surface area contributed by atoms with Crippen molar-refractivity contribution >= 4 is 5.91 Å². The van der Waals surface area contributed by atoms with Crippen molar-refractivity contribution in [2.45, 2.75) is 57.8 Å². The molecule has 1 aromatic rings. The molecule has 2 N–H and O–H groups in total. The second-order valence-electron chi connectivity index (χ2n) is 5.78. The molecule has 1 aliphatic rings. The van der Waals surface area contributed by atoms with Gasteiger partial charge in [0.15, 0.2) is 11.6 Å². The van der Waals surface area contributed by atoms with Crippen LogP contribution in [-0.2, 0) is 0 Å². The van der Waals surface area contributed by atoms with E-state index in [1.54, 1.807) is 0 Å². The lowest BCUT2D eigenvalue weighted by molar-refractivity contribution is 0.0948. The Kier molecular flexibility index (Phi) is 6.73. The van der Waals surface area contributed by atoms with Gasteiger partial charge in [0.25, 0.3) is 5.91 Å². The van der Waals surface area contributed by atoms with E-state index in [0.29, 0.717) is 17.5 Å². The van der Waals surface area contributed by atoms with Crippen LogP contribution in [0, 0.1) is 0 Å². The number of carbonyl (C=O) groups is 1. The van der Waals surface area contributed by atoms with E-state index in [1.165, 1.54) is 31.9 Å². The van der Waals surface area contributed by atoms with Crippen molar-refractivity contribution in [2.75, 3.05) is 19.6 Å². The van der Waals surface area contributed by atoms with Gasteiger partial charge >= 0.3 is 0 Å². The molecule has 21 heavy (non-hydrogen) atoms. The van der Waals surface area contributed by atoms with Crippen LogP contribution in [0.4, 0.5) is 0 Å². The van der Waals surface area contributed by atoms with Crippen molar-refractivity contribution in [1.82, 2.24) is 15.6 Å². The fraction of sp³-hybridized carbons (Fsp3) is 0.750. The molecule has 0 bridgehead atoms. The quantitative estimate of drug-likeness (QED) is 0.723. The minimum atomic E-state index is -0.121. The molecule has 1 unspecified atom stereocenters. The summed E-state index contributed by atoms with van der Waals surface area (Å²) in [7, 11) is 0. The van der Waals surface area contributed by atoms with Crippen molar-refractivity contribution < 1.29 is 9.21 Å². The molecular formula is C16H27N3O2. The minimum Gasteiger partial charge on any atom is -0.448 e. The van der Waals surface area contributed by atoms with Crippen molar-refractivity contribution in [1.29, 1.82) is 0 Å². The molecule has 0 radical (unpaired) electrons. The van der Waals surface area contributed by atoms with E-state index in [-0.39, 0.29) is 5.91 Å². The Morgan fingerprint density at radius 2 is 2.29 bits per heavy atom. The predicted molar refractivity (Wildman–Crippen MR) is 82.4 cm³/mol. The maximum atomic E-state index is 12.0. The first-order chi connectivity index (χ1) is 10.3. The van der Waals surface area contributed by atoms with E-state index in [0.717, 1.165) is 38.9 Å². The van der Waals surface area contributed by atoms with Crippen LogP contribution in [0.25, 0.3) is 0 Å². The number of amides is 1. The van der Waals surface area contributed by atoms with Crippen molar-refractivity contribution in [3.8, 4) is 0 Å². The number of nitrogens with zero attached hydrogens (tertiary/aromatic N) is 1. The van der Waals surface area contributed by atoms with Crippen LogP contribution in [0.5, 0.6) is 0 Å². The Hall–Kier alpha value is -1.36. The summed E-state index contributed by atoms with van der Waals surface area (Å²) in [4.78, 5) is 16.3. The summed E-state index contributed by atoms with van der Waals surface area (Å²) in [5.74, 6) is 0.869. The Balaban J connectivity index is 1.71. The smallest absolute Gasteiger partial charge is 0.273 e. The van der Waals surface area contributed by atoms with Crippen LogP contribution < -0.4 is 10.6 Å². The monoisotopic (exact) mass is 293 g/mol. The number of aromatic nitrogens is 1. The highest BCUT2D eigenvalue weighted by molar-refractivity contribution is 5.91. The molecule has 0 aromatic carbocycles. The van der Waals surface area contributed by atoms with E-state index in [2.05, 4.69) is 22.5 Å². The zero-order valence-corrected chi connectivity index (χ0v) is 13.0. The zero-order chi connectivity index (χ0) is 14.9. The van der Waals surface area contributed by atoms with Gasteiger partial charge in [0.2, 0.25) is 0 Å². The highest BCUT2D eigenvalue weighted by Crippen LogP contribution is 2.22. The molecule has 1 saturated heterocycles. The normalized spacial score (nSPS) is 18.6. The van der Waals surface area contributed by atoms with Gasteiger partial charge in [0.1, 0.15) is 6.26 Å². The Morgan fingerprint density at radius 1 is 1.43 bits per heavy atom. The molecule has 2 rings (SSSR count). The third-order valence-electron chi connectivity index (χ3n) is 3.97. The van der Waals surface area contributed by atoms with Crippen molar-refractivity contribution in [3.63, 3.8) is 0 Å². The highest BCUT2D eigenvalue weighted by Gasteiger charge is 2.21. The SMILES string of the molecule is CCCCCCCNC(=O)c1coc(C2CCCNC2)n1. The summed E-state index contributed by atoms with van der Waals surface area (Å²) in [5.41, 5.74) is 0.407. The fourth-order valence-electron chi connectivity index (χ4n) is 2.66. The summed E-state index contributed by atoms with van der Waals surface area (Å²) in [6, 6.07) is 0. The van der Waals surface area contributed by atoms with Crippen LogP contribution in [0.3, 0.4) is 0 Å². The van der Waals surface area contributed by atoms with Crippen LogP contribution >= 0.6 is 0 Å². The summed E-state index contributed by atoms with van der Waals surface area (Å²) in [6.07, 6.45) is 9.65. The van der Waals surface area contributed by atoms with E-state index in [9.17, 15) is 4.79 Å². The second kappa shape index (κ2) is 8.82. The van der Waals surface area contributed by atoms with Gasteiger partial charge < -0.3 is 15.1 Å². The minimum absolute atomic E-state index is 0.121. The first kappa shape index (κ1) is 16.0. The molecule has 1 aliphatic heterocycles. The Labute approximate surface area is 126 Å². The molecule has 1 atom stereocenters. The number of oxazole rings is 1. The van der Waals surface area contributed by atoms with Crippen LogP contribution in [-0.4, -0.2) is 30.5 Å². The molecule has 0 aliphatic carbocycles. The number of hydrogen-bond acceptors (Lipinski definition) is 4. The third kappa shape index (κ3) is 5.16.